The second kappa shape index (κ2) is 7.19. The minimum absolute atomic E-state index is 0.0961. The standard InChI is InChI=1S/C20H21N5O2/c1-13-6-4-10-21-18(13)22-19(26)14-7-5-11-25(12-14)20(27)17-15-8-2-3-9-16(15)23-24-17/h2-4,6,8-10,14H,5,7,11-12H2,1H3,(H,23,24)(H,21,22,26)/t14-/m0/s1. The molecule has 1 atom stereocenters. The minimum atomic E-state index is -0.255. The Morgan fingerprint density at radius 2 is 2.07 bits per heavy atom. The van der Waals surface area contributed by atoms with Crippen LogP contribution in [0.2, 0.25) is 0 Å². The van der Waals surface area contributed by atoms with Crippen molar-refractivity contribution in [2.45, 2.75) is 19.8 Å². The molecule has 2 aromatic heterocycles. The van der Waals surface area contributed by atoms with E-state index in [-0.39, 0.29) is 17.7 Å². The lowest BCUT2D eigenvalue weighted by Gasteiger charge is -2.31. The highest BCUT2D eigenvalue weighted by atomic mass is 16.2. The molecule has 0 aliphatic carbocycles. The maximum atomic E-state index is 13.0. The van der Waals surface area contributed by atoms with Gasteiger partial charge in [-0.05, 0) is 37.5 Å². The molecular weight excluding hydrogens is 342 g/mol. The number of aromatic nitrogens is 3. The van der Waals surface area contributed by atoms with Gasteiger partial charge in [0.1, 0.15) is 5.82 Å². The molecule has 1 aromatic carbocycles. The SMILES string of the molecule is Cc1cccnc1NC(=O)[C@H]1CCCN(C(=O)c2n[nH]c3ccccc23)C1. The first kappa shape index (κ1) is 17.2. The van der Waals surface area contributed by atoms with E-state index in [0.29, 0.717) is 24.6 Å². The number of para-hydroxylation sites is 1. The maximum Gasteiger partial charge on any atom is 0.275 e. The van der Waals surface area contributed by atoms with E-state index >= 15 is 0 Å². The fourth-order valence-corrected chi connectivity index (χ4v) is 3.49. The summed E-state index contributed by atoms with van der Waals surface area (Å²) in [6.07, 6.45) is 3.19. The van der Waals surface area contributed by atoms with Crippen LogP contribution in [0.25, 0.3) is 10.9 Å². The third-order valence-electron chi connectivity index (χ3n) is 5.00. The van der Waals surface area contributed by atoms with Gasteiger partial charge in [0.05, 0.1) is 11.4 Å². The molecule has 2 amide bonds. The van der Waals surface area contributed by atoms with Gasteiger partial charge in [0.25, 0.3) is 5.91 Å². The number of pyridine rings is 1. The van der Waals surface area contributed by atoms with Crippen LogP contribution >= 0.6 is 0 Å². The van der Waals surface area contributed by atoms with Crippen LogP contribution in [0.3, 0.4) is 0 Å². The fraction of sp³-hybridized carbons (Fsp3) is 0.300. The number of piperidine rings is 1. The Labute approximate surface area is 156 Å². The van der Waals surface area contributed by atoms with Crippen LogP contribution in [0.15, 0.2) is 42.6 Å². The Morgan fingerprint density at radius 1 is 1.22 bits per heavy atom. The molecule has 0 spiro atoms. The zero-order chi connectivity index (χ0) is 18.8. The highest BCUT2D eigenvalue weighted by molar-refractivity contribution is 6.05. The molecule has 2 N–H and O–H groups in total. The first-order valence-corrected chi connectivity index (χ1v) is 9.08. The van der Waals surface area contributed by atoms with Crippen LogP contribution in [0.1, 0.15) is 28.9 Å². The molecule has 0 saturated carbocycles. The summed E-state index contributed by atoms with van der Waals surface area (Å²) in [5, 5.41) is 10.8. The molecule has 1 saturated heterocycles. The zero-order valence-electron chi connectivity index (χ0n) is 15.1. The maximum absolute atomic E-state index is 13.0. The normalized spacial score (nSPS) is 17.1. The van der Waals surface area contributed by atoms with E-state index in [2.05, 4.69) is 20.5 Å². The number of nitrogens with zero attached hydrogens (tertiary/aromatic N) is 3. The quantitative estimate of drug-likeness (QED) is 0.749. The first-order chi connectivity index (χ1) is 13.1. The fourth-order valence-electron chi connectivity index (χ4n) is 3.49. The van der Waals surface area contributed by atoms with Crippen LogP contribution < -0.4 is 5.32 Å². The minimum Gasteiger partial charge on any atom is -0.336 e. The molecule has 1 aliphatic heterocycles. The lowest BCUT2D eigenvalue weighted by molar-refractivity contribution is -0.121. The van der Waals surface area contributed by atoms with Gasteiger partial charge >= 0.3 is 0 Å². The summed E-state index contributed by atoms with van der Waals surface area (Å²) in [6.45, 7) is 2.92. The number of likely N-dealkylation sites (tertiary alicyclic amines) is 1. The van der Waals surface area contributed by atoms with Crippen LogP contribution in [-0.2, 0) is 4.79 Å². The van der Waals surface area contributed by atoms with E-state index in [4.69, 9.17) is 0 Å². The van der Waals surface area contributed by atoms with Crippen LogP contribution in [0.5, 0.6) is 0 Å². The lowest BCUT2D eigenvalue weighted by atomic mass is 9.96. The number of fused-ring (bicyclic) bond motifs is 1. The second-order valence-corrected chi connectivity index (χ2v) is 6.87. The van der Waals surface area contributed by atoms with Crippen molar-refractivity contribution in [1.82, 2.24) is 20.1 Å². The van der Waals surface area contributed by atoms with Crippen LogP contribution in [0, 0.1) is 12.8 Å². The third-order valence-corrected chi connectivity index (χ3v) is 5.00. The Morgan fingerprint density at radius 3 is 2.93 bits per heavy atom. The van der Waals surface area contributed by atoms with Gasteiger partial charge in [0.2, 0.25) is 5.91 Å². The number of carbonyl (C=O) groups is 2. The highest BCUT2D eigenvalue weighted by Crippen LogP contribution is 2.23. The van der Waals surface area contributed by atoms with Gasteiger partial charge in [0, 0.05) is 24.7 Å². The molecule has 1 fully saturated rings. The molecule has 7 nitrogen and oxygen atoms in total. The molecule has 3 heterocycles. The third kappa shape index (κ3) is 3.40. The van der Waals surface area contributed by atoms with Crippen LogP contribution in [0.4, 0.5) is 5.82 Å². The zero-order valence-corrected chi connectivity index (χ0v) is 15.1. The Hall–Kier alpha value is -3.22. The van der Waals surface area contributed by atoms with E-state index in [1.165, 1.54) is 0 Å². The molecule has 0 unspecified atom stereocenters. The van der Waals surface area contributed by atoms with Crippen LogP contribution in [-0.4, -0.2) is 45.0 Å². The summed E-state index contributed by atoms with van der Waals surface area (Å²) in [6, 6.07) is 11.3. The van der Waals surface area contributed by atoms with Crippen molar-refractivity contribution >= 4 is 28.5 Å². The van der Waals surface area contributed by atoms with Gasteiger partial charge in [-0.1, -0.05) is 24.3 Å². The molecule has 7 heteroatoms. The van der Waals surface area contributed by atoms with Crippen molar-refractivity contribution in [1.29, 1.82) is 0 Å². The summed E-state index contributed by atoms with van der Waals surface area (Å²) < 4.78 is 0. The molecule has 0 bridgehead atoms. The lowest BCUT2D eigenvalue weighted by Crippen LogP contribution is -2.44. The molecule has 138 valence electrons. The van der Waals surface area contributed by atoms with Gasteiger partial charge in [-0.25, -0.2) is 4.98 Å². The van der Waals surface area contributed by atoms with E-state index in [1.54, 1.807) is 11.1 Å². The average Bonchev–Trinajstić information content (AvgIpc) is 3.13. The predicted octanol–water partition coefficient (Wildman–Crippen LogP) is 2.76. The van der Waals surface area contributed by atoms with E-state index in [9.17, 15) is 9.59 Å². The van der Waals surface area contributed by atoms with Gasteiger partial charge < -0.3 is 10.2 Å². The molecular formula is C20H21N5O2. The van der Waals surface area contributed by atoms with Crippen molar-refractivity contribution in [3.8, 4) is 0 Å². The smallest absolute Gasteiger partial charge is 0.275 e. The first-order valence-electron chi connectivity index (χ1n) is 9.08. The summed E-state index contributed by atoms with van der Waals surface area (Å²) >= 11 is 0. The number of hydrogen-bond acceptors (Lipinski definition) is 4. The number of H-pyrrole nitrogens is 1. The number of hydrogen-bond donors (Lipinski definition) is 2. The number of carbonyl (C=O) groups excluding carboxylic acids is 2. The summed E-state index contributed by atoms with van der Waals surface area (Å²) in [7, 11) is 0. The van der Waals surface area contributed by atoms with Gasteiger partial charge in [-0.3, -0.25) is 14.7 Å². The highest BCUT2D eigenvalue weighted by Gasteiger charge is 2.30. The molecule has 4 rings (SSSR count). The van der Waals surface area contributed by atoms with Gasteiger partial charge in [0.15, 0.2) is 5.69 Å². The average molecular weight is 363 g/mol. The molecule has 27 heavy (non-hydrogen) atoms. The summed E-state index contributed by atoms with van der Waals surface area (Å²) in [4.78, 5) is 31.6. The van der Waals surface area contributed by atoms with Crippen molar-refractivity contribution in [3.63, 3.8) is 0 Å². The Kier molecular flexibility index (Phi) is 4.58. The number of benzene rings is 1. The van der Waals surface area contributed by atoms with Crippen molar-refractivity contribution in [2.75, 3.05) is 18.4 Å². The predicted molar refractivity (Wildman–Crippen MR) is 102 cm³/mol. The van der Waals surface area contributed by atoms with Crippen molar-refractivity contribution < 1.29 is 9.59 Å². The molecule has 0 radical (unpaired) electrons. The number of anilines is 1. The number of nitrogens with one attached hydrogen (secondary N) is 2. The number of aryl methyl sites for hydroxylation is 1. The van der Waals surface area contributed by atoms with Gasteiger partial charge in [-0.2, -0.15) is 5.10 Å². The Balaban J connectivity index is 1.48. The Bertz CT molecular complexity index is 997. The number of amides is 2. The van der Waals surface area contributed by atoms with Crippen molar-refractivity contribution in [2.24, 2.45) is 5.92 Å². The molecule has 1 aliphatic rings. The largest absolute Gasteiger partial charge is 0.336 e. The monoisotopic (exact) mass is 363 g/mol. The second-order valence-electron chi connectivity index (χ2n) is 6.87. The summed E-state index contributed by atoms with van der Waals surface area (Å²) in [5.41, 5.74) is 2.16. The molecule has 3 aromatic rings. The summed E-state index contributed by atoms with van der Waals surface area (Å²) in [5.74, 6) is 0.0821. The number of aromatic amines is 1. The van der Waals surface area contributed by atoms with Gasteiger partial charge in [-0.15, -0.1) is 0 Å². The van der Waals surface area contributed by atoms with Crippen molar-refractivity contribution in [3.05, 3.63) is 53.9 Å². The topological polar surface area (TPSA) is 91.0 Å². The van der Waals surface area contributed by atoms with E-state index in [1.807, 2.05) is 43.3 Å². The van der Waals surface area contributed by atoms with E-state index < -0.39 is 0 Å². The number of rotatable bonds is 3. The van der Waals surface area contributed by atoms with E-state index in [0.717, 1.165) is 29.3 Å².